The van der Waals surface area contributed by atoms with Gasteiger partial charge in [-0.05, 0) is 48.2 Å². The van der Waals surface area contributed by atoms with E-state index in [1.165, 1.54) is 6.07 Å². The van der Waals surface area contributed by atoms with Crippen LogP contribution in [0.4, 0.5) is 8.78 Å². The summed E-state index contributed by atoms with van der Waals surface area (Å²) in [7, 11) is 0. The number of rotatable bonds is 3. The summed E-state index contributed by atoms with van der Waals surface area (Å²) >= 11 is 9.43. The van der Waals surface area contributed by atoms with Crippen LogP contribution in [0, 0.1) is 18.6 Å². The molecule has 19 heavy (non-hydrogen) atoms. The average Bonchev–Trinajstić information content (AvgIpc) is 2.34. The highest BCUT2D eigenvalue weighted by molar-refractivity contribution is 9.09. The van der Waals surface area contributed by atoms with Gasteiger partial charge in [-0.2, -0.15) is 0 Å². The van der Waals surface area contributed by atoms with Crippen molar-refractivity contribution in [2.75, 3.05) is 0 Å². The number of benzene rings is 2. The lowest BCUT2D eigenvalue weighted by Crippen LogP contribution is -2.01. The van der Waals surface area contributed by atoms with Gasteiger partial charge in [-0.1, -0.05) is 45.7 Å². The number of alkyl halides is 1. The standard InChI is InChI=1S/C15H12BrClF2/c1-9-7-11(17)5-6-12(9)13(16)8-10-3-2-4-14(18)15(10)19/h2-7,13H,8H2,1H3. The lowest BCUT2D eigenvalue weighted by Gasteiger charge is -2.14. The molecule has 4 heteroatoms. The Kier molecular flexibility index (Phi) is 4.58. The number of aryl methyl sites for hydroxylation is 1. The highest BCUT2D eigenvalue weighted by Crippen LogP contribution is 2.31. The van der Waals surface area contributed by atoms with Gasteiger partial charge in [0.05, 0.1) is 0 Å². The van der Waals surface area contributed by atoms with Crippen molar-refractivity contribution >= 4 is 27.5 Å². The quantitative estimate of drug-likeness (QED) is 0.635. The summed E-state index contributed by atoms with van der Waals surface area (Å²) in [6.45, 7) is 1.94. The first-order valence-electron chi connectivity index (χ1n) is 5.82. The van der Waals surface area contributed by atoms with Gasteiger partial charge in [0.2, 0.25) is 0 Å². The van der Waals surface area contributed by atoms with E-state index in [0.717, 1.165) is 17.2 Å². The Bertz CT molecular complexity index is 599. The summed E-state index contributed by atoms with van der Waals surface area (Å²) in [6, 6.07) is 9.77. The van der Waals surface area contributed by atoms with Crippen molar-refractivity contribution < 1.29 is 8.78 Å². The van der Waals surface area contributed by atoms with Crippen LogP contribution in [0.2, 0.25) is 5.02 Å². The highest BCUT2D eigenvalue weighted by Gasteiger charge is 2.15. The van der Waals surface area contributed by atoms with Crippen molar-refractivity contribution in [2.24, 2.45) is 0 Å². The van der Waals surface area contributed by atoms with E-state index in [9.17, 15) is 8.78 Å². The minimum Gasteiger partial charge on any atom is -0.204 e. The SMILES string of the molecule is Cc1cc(Cl)ccc1C(Br)Cc1cccc(F)c1F. The molecule has 0 saturated carbocycles. The molecule has 0 fully saturated rings. The molecular formula is C15H12BrClF2. The topological polar surface area (TPSA) is 0 Å². The monoisotopic (exact) mass is 344 g/mol. The Morgan fingerprint density at radius 3 is 2.63 bits per heavy atom. The predicted molar refractivity (Wildman–Crippen MR) is 77.9 cm³/mol. The first kappa shape index (κ1) is 14.5. The zero-order valence-corrected chi connectivity index (χ0v) is 12.6. The third-order valence-electron chi connectivity index (χ3n) is 3.00. The molecule has 0 heterocycles. The number of hydrogen-bond acceptors (Lipinski definition) is 0. The van der Waals surface area contributed by atoms with Crippen molar-refractivity contribution in [1.82, 2.24) is 0 Å². The summed E-state index contributed by atoms with van der Waals surface area (Å²) in [6.07, 6.45) is 0.381. The van der Waals surface area contributed by atoms with E-state index >= 15 is 0 Å². The number of hydrogen-bond donors (Lipinski definition) is 0. The lowest BCUT2D eigenvalue weighted by atomic mass is 10.00. The Balaban J connectivity index is 2.25. The van der Waals surface area contributed by atoms with E-state index in [1.54, 1.807) is 12.1 Å². The fraction of sp³-hybridized carbons (Fsp3) is 0.200. The highest BCUT2D eigenvalue weighted by atomic mass is 79.9. The second kappa shape index (κ2) is 6.02. The second-order valence-electron chi connectivity index (χ2n) is 4.39. The van der Waals surface area contributed by atoms with Gasteiger partial charge in [0, 0.05) is 9.85 Å². The molecule has 0 amide bonds. The molecular weight excluding hydrogens is 334 g/mol. The fourth-order valence-corrected chi connectivity index (χ4v) is 3.09. The third-order valence-corrected chi connectivity index (χ3v) is 4.05. The van der Waals surface area contributed by atoms with E-state index in [2.05, 4.69) is 15.9 Å². The summed E-state index contributed by atoms with van der Waals surface area (Å²) < 4.78 is 26.8. The van der Waals surface area contributed by atoms with E-state index in [4.69, 9.17) is 11.6 Å². The molecule has 0 aliphatic carbocycles. The minimum atomic E-state index is -0.815. The van der Waals surface area contributed by atoms with Gasteiger partial charge >= 0.3 is 0 Å². The molecule has 100 valence electrons. The van der Waals surface area contributed by atoms with E-state index in [0.29, 0.717) is 17.0 Å². The maximum absolute atomic E-state index is 13.6. The van der Waals surface area contributed by atoms with Crippen LogP contribution in [0.15, 0.2) is 36.4 Å². The van der Waals surface area contributed by atoms with Crippen molar-refractivity contribution in [3.63, 3.8) is 0 Å². The van der Waals surface area contributed by atoms with Crippen LogP contribution in [0.1, 0.15) is 21.5 Å². The van der Waals surface area contributed by atoms with Crippen molar-refractivity contribution in [1.29, 1.82) is 0 Å². The molecule has 0 nitrogen and oxygen atoms in total. The van der Waals surface area contributed by atoms with Crippen LogP contribution in [-0.2, 0) is 6.42 Å². The zero-order valence-electron chi connectivity index (χ0n) is 10.3. The summed E-state index contributed by atoms with van der Waals surface area (Å²) in [5, 5.41) is 0.665. The van der Waals surface area contributed by atoms with Crippen LogP contribution in [-0.4, -0.2) is 0 Å². The zero-order chi connectivity index (χ0) is 14.0. The molecule has 0 aliphatic heterocycles. The third kappa shape index (κ3) is 3.34. The van der Waals surface area contributed by atoms with Crippen LogP contribution in [0.3, 0.4) is 0 Å². The van der Waals surface area contributed by atoms with Crippen LogP contribution >= 0.6 is 27.5 Å². The van der Waals surface area contributed by atoms with Gasteiger partial charge in [-0.3, -0.25) is 0 Å². The van der Waals surface area contributed by atoms with Gasteiger partial charge in [-0.25, -0.2) is 8.78 Å². The lowest BCUT2D eigenvalue weighted by molar-refractivity contribution is 0.498. The Hall–Kier alpha value is -0.930. The summed E-state index contributed by atoms with van der Waals surface area (Å²) in [5.74, 6) is -1.59. The maximum atomic E-state index is 13.6. The Morgan fingerprint density at radius 1 is 1.21 bits per heavy atom. The first-order chi connectivity index (χ1) is 8.99. The van der Waals surface area contributed by atoms with Crippen molar-refractivity contribution in [3.05, 3.63) is 69.7 Å². The predicted octanol–water partition coefficient (Wildman–Crippen LogP) is 5.61. The smallest absolute Gasteiger partial charge is 0.162 e. The van der Waals surface area contributed by atoms with E-state index in [1.807, 2.05) is 19.1 Å². The molecule has 1 atom stereocenters. The molecule has 0 radical (unpaired) electrons. The van der Waals surface area contributed by atoms with Gasteiger partial charge in [0.15, 0.2) is 11.6 Å². The first-order valence-corrected chi connectivity index (χ1v) is 7.11. The van der Waals surface area contributed by atoms with Crippen LogP contribution in [0.5, 0.6) is 0 Å². The van der Waals surface area contributed by atoms with Gasteiger partial charge in [0.25, 0.3) is 0 Å². The molecule has 0 bridgehead atoms. The summed E-state index contributed by atoms with van der Waals surface area (Å²) in [4.78, 5) is -0.0823. The maximum Gasteiger partial charge on any atom is 0.162 e. The largest absolute Gasteiger partial charge is 0.204 e. The van der Waals surface area contributed by atoms with E-state index in [-0.39, 0.29) is 4.83 Å². The summed E-state index contributed by atoms with van der Waals surface area (Å²) in [5.41, 5.74) is 2.40. The fourth-order valence-electron chi connectivity index (χ4n) is 2.00. The normalized spacial score (nSPS) is 12.5. The molecule has 0 aromatic heterocycles. The molecule has 0 N–H and O–H groups in total. The molecule has 1 unspecified atom stereocenters. The molecule has 2 aromatic rings. The second-order valence-corrected chi connectivity index (χ2v) is 5.93. The van der Waals surface area contributed by atoms with Crippen LogP contribution < -0.4 is 0 Å². The van der Waals surface area contributed by atoms with Crippen LogP contribution in [0.25, 0.3) is 0 Å². The Labute approximate surface area is 124 Å². The average molecular weight is 346 g/mol. The van der Waals surface area contributed by atoms with Crippen molar-refractivity contribution in [2.45, 2.75) is 18.2 Å². The molecule has 0 spiro atoms. The molecule has 2 rings (SSSR count). The minimum absolute atomic E-state index is 0.0823. The molecule has 0 aliphatic rings. The Morgan fingerprint density at radius 2 is 1.95 bits per heavy atom. The molecule has 0 saturated heterocycles. The van der Waals surface area contributed by atoms with Gasteiger partial charge in [0.1, 0.15) is 0 Å². The van der Waals surface area contributed by atoms with Gasteiger partial charge in [-0.15, -0.1) is 0 Å². The molecule has 2 aromatic carbocycles. The van der Waals surface area contributed by atoms with E-state index < -0.39 is 11.6 Å². The number of halogens is 4. The van der Waals surface area contributed by atoms with Gasteiger partial charge < -0.3 is 0 Å². The van der Waals surface area contributed by atoms with Crippen molar-refractivity contribution in [3.8, 4) is 0 Å².